The Bertz CT molecular complexity index is 383. The smallest absolute Gasteiger partial charge is 0.290 e. The van der Waals surface area contributed by atoms with E-state index in [1.54, 1.807) is 11.2 Å². The van der Waals surface area contributed by atoms with Crippen molar-refractivity contribution in [2.75, 3.05) is 6.54 Å². The predicted octanol–water partition coefficient (Wildman–Crippen LogP) is 1.40. The van der Waals surface area contributed by atoms with Crippen LogP contribution in [0.4, 0.5) is 0 Å². The number of furan rings is 1. The fraction of sp³-hybridized carbons (Fsp3) is 0.500. The van der Waals surface area contributed by atoms with E-state index in [4.69, 9.17) is 4.42 Å². The largest absolute Gasteiger partial charge is 0.469 e. The van der Waals surface area contributed by atoms with Crippen LogP contribution in [0, 0.1) is 0 Å². The molecule has 16 heavy (non-hydrogen) atoms. The van der Waals surface area contributed by atoms with Gasteiger partial charge in [-0.3, -0.25) is 9.59 Å². The maximum absolute atomic E-state index is 11.5. The summed E-state index contributed by atoms with van der Waals surface area (Å²) in [6, 6.07) is 3.87. The third-order valence-corrected chi connectivity index (χ3v) is 3.00. The third-order valence-electron chi connectivity index (χ3n) is 3.00. The Morgan fingerprint density at radius 2 is 2.31 bits per heavy atom. The Morgan fingerprint density at radius 1 is 1.50 bits per heavy atom. The lowest BCUT2D eigenvalue weighted by molar-refractivity contribution is -0.141. The Hall–Kier alpha value is -1.58. The SMILES string of the molecule is CC(CCc1ccco1)N1CCC(=O)C1=O. The second-order valence-electron chi connectivity index (χ2n) is 4.14. The number of rotatable bonds is 4. The summed E-state index contributed by atoms with van der Waals surface area (Å²) in [5.74, 6) is 0.335. The van der Waals surface area contributed by atoms with Gasteiger partial charge >= 0.3 is 0 Å². The van der Waals surface area contributed by atoms with Crippen LogP contribution in [-0.2, 0) is 16.0 Å². The summed E-state index contributed by atoms with van der Waals surface area (Å²) in [5, 5.41) is 0. The number of likely N-dealkylation sites (tertiary alicyclic amines) is 1. The van der Waals surface area contributed by atoms with Crippen LogP contribution in [0.3, 0.4) is 0 Å². The van der Waals surface area contributed by atoms with E-state index in [1.165, 1.54) is 0 Å². The third kappa shape index (κ3) is 2.15. The van der Waals surface area contributed by atoms with Crippen molar-refractivity contribution in [1.29, 1.82) is 0 Å². The van der Waals surface area contributed by atoms with Gasteiger partial charge < -0.3 is 9.32 Å². The van der Waals surface area contributed by atoms with Gasteiger partial charge in [0.2, 0.25) is 5.78 Å². The summed E-state index contributed by atoms with van der Waals surface area (Å²) in [5.41, 5.74) is 0. The highest BCUT2D eigenvalue weighted by molar-refractivity contribution is 6.37. The van der Waals surface area contributed by atoms with E-state index in [0.29, 0.717) is 13.0 Å². The number of aryl methyl sites for hydroxylation is 1. The van der Waals surface area contributed by atoms with E-state index in [1.807, 2.05) is 19.1 Å². The zero-order valence-electron chi connectivity index (χ0n) is 9.31. The van der Waals surface area contributed by atoms with Crippen LogP contribution in [0.5, 0.6) is 0 Å². The standard InChI is InChI=1S/C12H15NO3/c1-9(4-5-10-3-2-8-16-10)13-7-6-11(14)12(13)15/h2-3,8-9H,4-7H2,1H3. The lowest BCUT2D eigenvalue weighted by Gasteiger charge is -2.22. The van der Waals surface area contributed by atoms with Crippen molar-refractivity contribution in [3.05, 3.63) is 24.2 Å². The maximum atomic E-state index is 11.5. The highest BCUT2D eigenvalue weighted by Gasteiger charge is 2.32. The van der Waals surface area contributed by atoms with Gasteiger partial charge in [0.1, 0.15) is 5.76 Å². The number of nitrogens with zero attached hydrogens (tertiary/aromatic N) is 1. The summed E-state index contributed by atoms with van der Waals surface area (Å²) >= 11 is 0. The monoisotopic (exact) mass is 221 g/mol. The first-order chi connectivity index (χ1) is 7.68. The predicted molar refractivity (Wildman–Crippen MR) is 57.8 cm³/mol. The van der Waals surface area contributed by atoms with E-state index < -0.39 is 0 Å². The minimum Gasteiger partial charge on any atom is -0.469 e. The molecule has 1 atom stereocenters. The molecule has 0 aromatic carbocycles. The molecule has 1 amide bonds. The molecule has 4 heteroatoms. The first-order valence-electron chi connectivity index (χ1n) is 5.54. The second kappa shape index (κ2) is 4.51. The fourth-order valence-corrected chi connectivity index (χ4v) is 1.97. The van der Waals surface area contributed by atoms with Crippen molar-refractivity contribution in [3.63, 3.8) is 0 Å². The van der Waals surface area contributed by atoms with Crippen molar-refractivity contribution in [3.8, 4) is 0 Å². The molecule has 1 aliphatic heterocycles. The molecule has 2 heterocycles. The zero-order valence-corrected chi connectivity index (χ0v) is 9.31. The van der Waals surface area contributed by atoms with Gasteiger partial charge in [0.05, 0.1) is 6.26 Å². The molecular formula is C12H15NO3. The van der Waals surface area contributed by atoms with Crippen LogP contribution < -0.4 is 0 Å². The maximum Gasteiger partial charge on any atom is 0.290 e. The average Bonchev–Trinajstić information content (AvgIpc) is 2.88. The van der Waals surface area contributed by atoms with Crippen LogP contribution in [0.15, 0.2) is 22.8 Å². The summed E-state index contributed by atoms with van der Waals surface area (Å²) in [7, 11) is 0. The first-order valence-corrected chi connectivity index (χ1v) is 5.54. The molecule has 0 N–H and O–H groups in total. The summed E-state index contributed by atoms with van der Waals surface area (Å²) in [4.78, 5) is 24.2. The lowest BCUT2D eigenvalue weighted by Crippen LogP contribution is -2.36. The molecule has 4 nitrogen and oxygen atoms in total. The van der Waals surface area contributed by atoms with E-state index in [9.17, 15) is 9.59 Å². The van der Waals surface area contributed by atoms with Gasteiger partial charge in [-0.1, -0.05) is 0 Å². The second-order valence-corrected chi connectivity index (χ2v) is 4.14. The summed E-state index contributed by atoms with van der Waals surface area (Å²) in [6.07, 6.45) is 3.63. The van der Waals surface area contributed by atoms with Crippen molar-refractivity contribution in [2.45, 2.75) is 32.2 Å². The molecule has 1 fully saturated rings. The van der Waals surface area contributed by atoms with Gasteiger partial charge in [0, 0.05) is 25.4 Å². The van der Waals surface area contributed by atoms with Gasteiger partial charge in [-0.05, 0) is 25.5 Å². The molecule has 0 aliphatic carbocycles. The Balaban J connectivity index is 1.86. The Labute approximate surface area is 94.2 Å². The molecule has 2 rings (SSSR count). The van der Waals surface area contributed by atoms with E-state index >= 15 is 0 Å². The van der Waals surface area contributed by atoms with Gasteiger partial charge in [-0.15, -0.1) is 0 Å². The highest BCUT2D eigenvalue weighted by Crippen LogP contribution is 2.15. The molecule has 1 aromatic rings. The zero-order chi connectivity index (χ0) is 11.5. The summed E-state index contributed by atoms with van der Waals surface area (Å²) in [6.45, 7) is 2.54. The number of amides is 1. The molecule has 0 saturated carbocycles. The normalized spacial score (nSPS) is 18.2. The Morgan fingerprint density at radius 3 is 2.88 bits per heavy atom. The molecule has 1 aromatic heterocycles. The lowest BCUT2D eigenvalue weighted by atomic mass is 10.1. The molecule has 1 aliphatic rings. The van der Waals surface area contributed by atoms with Crippen molar-refractivity contribution < 1.29 is 14.0 Å². The van der Waals surface area contributed by atoms with Crippen LogP contribution in [-0.4, -0.2) is 29.2 Å². The molecule has 0 radical (unpaired) electrons. The number of carbonyl (C=O) groups excluding carboxylic acids is 2. The number of hydrogen-bond acceptors (Lipinski definition) is 3. The van der Waals surface area contributed by atoms with Gasteiger partial charge in [0.25, 0.3) is 5.91 Å². The molecule has 86 valence electrons. The topological polar surface area (TPSA) is 50.5 Å². The molecule has 0 spiro atoms. The first kappa shape index (κ1) is 10.9. The quantitative estimate of drug-likeness (QED) is 0.722. The molecule has 1 saturated heterocycles. The van der Waals surface area contributed by atoms with E-state index in [-0.39, 0.29) is 17.7 Å². The van der Waals surface area contributed by atoms with E-state index in [2.05, 4.69) is 0 Å². The molecular weight excluding hydrogens is 206 g/mol. The number of carbonyl (C=O) groups is 2. The van der Waals surface area contributed by atoms with Crippen LogP contribution in [0.2, 0.25) is 0 Å². The number of hydrogen-bond donors (Lipinski definition) is 0. The fourth-order valence-electron chi connectivity index (χ4n) is 1.97. The van der Waals surface area contributed by atoms with Gasteiger partial charge in [0.15, 0.2) is 0 Å². The van der Waals surface area contributed by atoms with Crippen LogP contribution >= 0.6 is 0 Å². The van der Waals surface area contributed by atoms with Crippen LogP contribution in [0.25, 0.3) is 0 Å². The van der Waals surface area contributed by atoms with Crippen LogP contribution in [0.1, 0.15) is 25.5 Å². The highest BCUT2D eigenvalue weighted by atomic mass is 16.3. The number of Topliss-reactive ketones (excluding diaryl/α,β-unsaturated/α-hetero) is 1. The van der Waals surface area contributed by atoms with Crippen molar-refractivity contribution in [1.82, 2.24) is 4.90 Å². The van der Waals surface area contributed by atoms with Gasteiger partial charge in [-0.25, -0.2) is 0 Å². The van der Waals surface area contributed by atoms with Gasteiger partial charge in [-0.2, -0.15) is 0 Å². The minimum atomic E-state index is -0.327. The molecule has 0 bridgehead atoms. The number of ketones is 1. The Kier molecular flexibility index (Phi) is 3.08. The van der Waals surface area contributed by atoms with Crippen molar-refractivity contribution in [2.24, 2.45) is 0 Å². The van der Waals surface area contributed by atoms with E-state index in [0.717, 1.165) is 18.6 Å². The minimum absolute atomic E-state index is 0.101. The average molecular weight is 221 g/mol. The molecule has 1 unspecified atom stereocenters. The summed E-state index contributed by atoms with van der Waals surface area (Å²) < 4.78 is 5.22. The van der Waals surface area contributed by atoms with Crippen molar-refractivity contribution >= 4 is 11.7 Å².